The van der Waals surface area contributed by atoms with E-state index in [1.165, 1.54) is 4.90 Å². The quantitative estimate of drug-likeness (QED) is 0.506. The normalized spacial score (nSPS) is 25.5. The lowest BCUT2D eigenvalue weighted by molar-refractivity contribution is -0.147. The van der Waals surface area contributed by atoms with Crippen LogP contribution in [0.2, 0.25) is 0 Å². The lowest BCUT2D eigenvalue weighted by Crippen LogP contribution is -2.26. The Kier molecular flexibility index (Phi) is 1.61. The standard InChI is InChI=1S/C6H9NO3/c1-7-3-2-4(5(7)8)6(9)10/h4H,2-3H2,1H3,(H,9,10)/t4-/m1/s1. The van der Waals surface area contributed by atoms with Crippen molar-refractivity contribution < 1.29 is 14.7 Å². The van der Waals surface area contributed by atoms with Crippen LogP contribution in [0.15, 0.2) is 0 Å². The summed E-state index contributed by atoms with van der Waals surface area (Å²) in [6.45, 7) is 0.565. The van der Waals surface area contributed by atoms with Gasteiger partial charge in [0.05, 0.1) is 0 Å². The molecule has 10 heavy (non-hydrogen) atoms. The Morgan fingerprint density at radius 3 is 2.60 bits per heavy atom. The third-order valence-electron chi connectivity index (χ3n) is 1.73. The molecule has 1 aliphatic heterocycles. The molecular weight excluding hydrogens is 134 g/mol. The Morgan fingerprint density at radius 2 is 2.40 bits per heavy atom. The minimum absolute atomic E-state index is 0.271. The minimum Gasteiger partial charge on any atom is -0.481 e. The first-order valence-corrected chi connectivity index (χ1v) is 3.10. The molecule has 0 aromatic heterocycles. The average molecular weight is 143 g/mol. The molecule has 0 aromatic rings. The van der Waals surface area contributed by atoms with Gasteiger partial charge in [0.25, 0.3) is 0 Å². The van der Waals surface area contributed by atoms with E-state index >= 15 is 0 Å². The van der Waals surface area contributed by atoms with Crippen molar-refractivity contribution in [2.75, 3.05) is 13.6 Å². The number of likely N-dealkylation sites (tertiary alicyclic amines) is 1. The Morgan fingerprint density at radius 1 is 1.80 bits per heavy atom. The first-order chi connectivity index (χ1) is 4.63. The summed E-state index contributed by atoms with van der Waals surface area (Å²) in [4.78, 5) is 22.6. The fourth-order valence-electron chi connectivity index (χ4n) is 1.05. The summed E-state index contributed by atoms with van der Waals surface area (Å²) in [6, 6.07) is 0. The van der Waals surface area contributed by atoms with Crippen molar-refractivity contribution in [1.82, 2.24) is 4.90 Å². The zero-order valence-electron chi connectivity index (χ0n) is 5.70. The molecule has 0 spiro atoms. The van der Waals surface area contributed by atoms with Crippen molar-refractivity contribution in [3.8, 4) is 0 Å². The molecule has 0 aliphatic carbocycles. The smallest absolute Gasteiger partial charge is 0.316 e. The second-order valence-electron chi connectivity index (χ2n) is 2.44. The van der Waals surface area contributed by atoms with Gasteiger partial charge in [0.2, 0.25) is 5.91 Å². The van der Waals surface area contributed by atoms with Crippen LogP contribution in [0.3, 0.4) is 0 Å². The predicted molar refractivity (Wildman–Crippen MR) is 33.4 cm³/mol. The molecule has 1 fully saturated rings. The molecule has 4 nitrogen and oxygen atoms in total. The van der Waals surface area contributed by atoms with Crippen LogP contribution in [0, 0.1) is 5.92 Å². The number of carbonyl (C=O) groups excluding carboxylic acids is 1. The largest absolute Gasteiger partial charge is 0.481 e. The number of carboxylic acid groups (broad SMARTS) is 1. The van der Waals surface area contributed by atoms with Gasteiger partial charge in [-0.05, 0) is 6.42 Å². The molecule has 1 saturated heterocycles. The van der Waals surface area contributed by atoms with Gasteiger partial charge in [-0.2, -0.15) is 0 Å². The summed E-state index contributed by atoms with van der Waals surface area (Å²) < 4.78 is 0. The number of aliphatic carboxylic acids is 1. The molecule has 1 rings (SSSR count). The molecular formula is C6H9NO3. The number of rotatable bonds is 1. The third-order valence-corrected chi connectivity index (χ3v) is 1.73. The van der Waals surface area contributed by atoms with Gasteiger partial charge in [-0.15, -0.1) is 0 Å². The van der Waals surface area contributed by atoms with Crippen LogP contribution in [-0.2, 0) is 9.59 Å². The number of carbonyl (C=O) groups is 2. The molecule has 1 atom stereocenters. The van der Waals surface area contributed by atoms with Gasteiger partial charge in [0, 0.05) is 13.6 Å². The van der Waals surface area contributed by atoms with E-state index in [0.29, 0.717) is 13.0 Å². The Bertz CT molecular complexity index is 178. The van der Waals surface area contributed by atoms with Gasteiger partial charge in [-0.3, -0.25) is 9.59 Å². The number of hydrogen-bond donors (Lipinski definition) is 1. The van der Waals surface area contributed by atoms with Crippen molar-refractivity contribution in [2.45, 2.75) is 6.42 Å². The molecule has 0 saturated carbocycles. The number of carboxylic acids is 1. The molecule has 0 radical (unpaired) electrons. The molecule has 1 aliphatic rings. The van der Waals surface area contributed by atoms with Crippen LogP contribution in [0.4, 0.5) is 0 Å². The van der Waals surface area contributed by atoms with E-state index in [-0.39, 0.29) is 5.91 Å². The van der Waals surface area contributed by atoms with Crippen molar-refractivity contribution in [1.29, 1.82) is 0 Å². The number of amides is 1. The van der Waals surface area contributed by atoms with E-state index in [0.717, 1.165) is 0 Å². The molecule has 0 unspecified atom stereocenters. The predicted octanol–water partition coefficient (Wildman–Crippen LogP) is -0.451. The van der Waals surface area contributed by atoms with Crippen LogP contribution in [-0.4, -0.2) is 35.5 Å². The summed E-state index contributed by atoms with van der Waals surface area (Å²) in [5.74, 6) is -2.06. The zero-order valence-corrected chi connectivity index (χ0v) is 5.70. The molecule has 56 valence electrons. The topological polar surface area (TPSA) is 57.6 Å². The van der Waals surface area contributed by atoms with Crippen LogP contribution < -0.4 is 0 Å². The highest BCUT2D eigenvalue weighted by atomic mass is 16.4. The Balaban J connectivity index is 2.66. The van der Waals surface area contributed by atoms with Crippen LogP contribution in [0.1, 0.15) is 6.42 Å². The van der Waals surface area contributed by atoms with E-state index in [1.54, 1.807) is 7.05 Å². The maximum atomic E-state index is 10.9. The van der Waals surface area contributed by atoms with Crippen molar-refractivity contribution in [3.05, 3.63) is 0 Å². The molecule has 0 aromatic carbocycles. The first-order valence-electron chi connectivity index (χ1n) is 3.10. The van der Waals surface area contributed by atoms with Gasteiger partial charge in [-0.1, -0.05) is 0 Å². The first kappa shape index (κ1) is 7.05. The lowest BCUT2D eigenvalue weighted by atomic mass is 10.1. The molecule has 0 bridgehead atoms. The fraction of sp³-hybridized carbons (Fsp3) is 0.667. The summed E-state index contributed by atoms with van der Waals surface area (Å²) in [5.41, 5.74) is 0. The van der Waals surface area contributed by atoms with Crippen molar-refractivity contribution >= 4 is 11.9 Å². The van der Waals surface area contributed by atoms with Crippen LogP contribution in [0.25, 0.3) is 0 Å². The summed E-state index contributed by atoms with van der Waals surface area (Å²) in [5, 5.41) is 8.45. The maximum absolute atomic E-state index is 10.9. The van der Waals surface area contributed by atoms with E-state index in [4.69, 9.17) is 5.11 Å². The highest BCUT2D eigenvalue weighted by Gasteiger charge is 2.34. The summed E-state index contributed by atoms with van der Waals surface area (Å²) in [6.07, 6.45) is 0.449. The molecule has 1 heterocycles. The Labute approximate surface area is 58.4 Å². The van der Waals surface area contributed by atoms with E-state index < -0.39 is 11.9 Å². The number of hydrogen-bond acceptors (Lipinski definition) is 2. The van der Waals surface area contributed by atoms with E-state index in [1.807, 2.05) is 0 Å². The fourth-order valence-corrected chi connectivity index (χ4v) is 1.05. The minimum atomic E-state index is -1.01. The number of nitrogens with zero attached hydrogens (tertiary/aromatic N) is 1. The highest BCUT2D eigenvalue weighted by Crippen LogP contribution is 2.15. The second kappa shape index (κ2) is 2.28. The van der Waals surface area contributed by atoms with Gasteiger partial charge < -0.3 is 10.0 Å². The highest BCUT2D eigenvalue weighted by molar-refractivity contribution is 5.98. The van der Waals surface area contributed by atoms with E-state index in [9.17, 15) is 9.59 Å². The lowest BCUT2D eigenvalue weighted by Gasteiger charge is -2.05. The van der Waals surface area contributed by atoms with Gasteiger partial charge in [0.1, 0.15) is 5.92 Å². The van der Waals surface area contributed by atoms with Crippen molar-refractivity contribution in [2.24, 2.45) is 5.92 Å². The average Bonchev–Trinajstić information content (AvgIpc) is 2.14. The van der Waals surface area contributed by atoms with Gasteiger partial charge in [-0.25, -0.2) is 0 Å². The van der Waals surface area contributed by atoms with E-state index in [2.05, 4.69) is 0 Å². The SMILES string of the molecule is CN1CC[C@@H](C(=O)O)C1=O. The maximum Gasteiger partial charge on any atom is 0.316 e. The third kappa shape index (κ3) is 0.964. The van der Waals surface area contributed by atoms with Gasteiger partial charge >= 0.3 is 5.97 Å². The molecule has 1 N–H and O–H groups in total. The van der Waals surface area contributed by atoms with Crippen LogP contribution >= 0.6 is 0 Å². The summed E-state index contributed by atoms with van der Waals surface area (Å²) in [7, 11) is 1.62. The van der Waals surface area contributed by atoms with Crippen molar-refractivity contribution in [3.63, 3.8) is 0 Å². The van der Waals surface area contributed by atoms with Crippen LogP contribution in [0.5, 0.6) is 0 Å². The summed E-state index contributed by atoms with van der Waals surface area (Å²) >= 11 is 0. The van der Waals surface area contributed by atoms with Gasteiger partial charge in [0.15, 0.2) is 0 Å². The Hall–Kier alpha value is -1.06. The second-order valence-corrected chi connectivity index (χ2v) is 2.44. The zero-order chi connectivity index (χ0) is 7.72. The monoisotopic (exact) mass is 143 g/mol. The molecule has 4 heteroatoms. The molecule has 1 amide bonds.